The maximum absolute atomic E-state index is 13.1. The van der Waals surface area contributed by atoms with Crippen LogP contribution in [0.3, 0.4) is 0 Å². The molecule has 0 bridgehead atoms. The van der Waals surface area contributed by atoms with Crippen molar-refractivity contribution in [3.05, 3.63) is 76.5 Å². The molecular formula is C22H22N4O3. The molecule has 3 aromatic rings. The molecule has 4 rings (SSSR count). The highest BCUT2D eigenvalue weighted by molar-refractivity contribution is 5.81. The lowest BCUT2D eigenvalue weighted by Gasteiger charge is -2.31. The minimum atomic E-state index is -0.569. The number of para-hydroxylation sites is 1. The minimum absolute atomic E-state index is 0.0884. The molecule has 1 amide bonds. The molecule has 1 aliphatic rings. The smallest absolute Gasteiger partial charge is 0.263 e. The number of benzene rings is 1. The van der Waals surface area contributed by atoms with E-state index in [1.807, 2.05) is 37.3 Å². The molecule has 1 atom stereocenters. The lowest BCUT2D eigenvalue weighted by Crippen LogP contribution is -2.45. The fourth-order valence-corrected chi connectivity index (χ4v) is 3.45. The number of hydrogen-bond donors (Lipinski definition) is 1. The van der Waals surface area contributed by atoms with Crippen LogP contribution < -0.4 is 10.3 Å². The lowest BCUT2D eigenvalue weighted by atomic mass is 10.0. The molecule has 0 radical (unpaired) electrons. The van der Waals surface area contributed by atoms with Gasteiger partial charge in [-0.05, 0) is 37.1 Å². The summed E-state index contributed by atoms with van der Waals surface area (Å²) in [5, 5.41) is 0. The van der Waals surface area contributed by atoms with E-state index in [0.29, 0.717) is 48.8 Å². The number of carbonyl (C=O) groups is 1. The summed E-state index contributed by atoms with van der Waals surface area (Å²) in [7, 11) is 0. The van der Waals surface area contributed by atoms with Gasteiger partial charge in [-0.15, -0.1) is 0 Å². The highest BCUT2D eigenvalue weighted by Crippen LogP contribution is 2.21. The van der Waals surface area contributed by atoms with E-state index < -0.39 is 6.10 Å². The normalized spacial score (nSPS) is 14.2. The van der Waals surface area contributed by atoms with E-state index in [-0.39, 0.29) is 11.5 Å². The maximum atomic E-state index is 13.1. The Morgan fingerprint density at radius 1 is 1.21 bits per heavy atom. The molecule has 148 valence electrons. The van der Waals surface area contributed by atoms with Crippen LogP contribution in [0.25, 0.3) is 11.4 Å². The van der Waals surface area contributed by atoms with Gasteiger partial charge in [-0.3, -0.25) is 14.6 Å². The first-order valence-corrected chi connectivity index (χ1v) is 9.68. The van der Waals surface area contributed by atoms with Gasteiger partial charge in [-0.1, -0.05) is 25.1 Å². The largest absolute Gasteiger partial charge is 0.481 e. The maximum Gasteiger partial charge on any atom is 0.263 e. The first kappa shape index (κ1) is 18.9. The highest BCUT2D eigenvalue weighted by atomic mass is 16.5. The van der Waals surface area contributed by atoms with E-state index in [9.17, 15) is 9.59 Å². The second-order valence-electron chi connectivity index (χ2n) is 6.91. The molecule has 0 saturated heterocycles. The molecule has 7 nitrogen and oxygen atoms in total. The molecule has 2 aromatic heterocycles. The zero-order valence-corrected chi connectivity index (χ0v) is 16.2. The number of rotatable bonds is 5. The first-order chi connectivity index (χ1) is 14.2. The van der Waals surface area contributed by atoms with Crippen LogP contribution in [0.1, 0.15) is 24.6 Å². The Kier molecular flexibility index (Phi) is 5.37. The topological polar surface area (TPSA) is 88.2 Å². The fourth-order valence-electron chi connectivity index (χ4n) is 3.45. The van der Waals surface area contributed by atoms with Crippen molar-refractivity contribution in [3.8, 4) is 17.1 Å². The first-order valence-electron chi connectivity index (χ1n) is 9.68. The van der Waals surface area contributed by atoms with Crippen molar-refractivity contribution < 1.29 is 9.53 Å². The molecule has 7 heteroatoms. The highest BCUT2D eigenvalue weighted by Gasteiger charge is 2.29. The number of nitrogens with one attached hydrogen (secondary N) is 1. The number of nitrogens with zero attached hydrogens (tertiary/aromatic N) is 3. The summed E-state index contributed by atoms with van der Waals surface area (Å²) in [4.78, 5) is 38.8. The van der Waals surface area contributed by atoms with Crippen LogP contribution in [0.15, 0.2) is 59.7 Å². The van der Waals surface area contributed by atoms with Gasteiger partial charge in [-0.25, -0.2) is 4.98 Å². The van der Waals surface area contributed by atoms with Crippen LogP contribution in [0, 0.1) is 0 Å². The summed E-state index contributed by atoms with van der Waals surface area (Å²) in [5.74, 6) is 1.06. The average molecular weight is 390 g/mol. The van der Waals surface area contributed by atoms with Crippen LogP contribution in [0.5, 0.6) is 5.75 Å². The average Bonchev–Trinajstić information content (AvgIpc) is 2.78. The predicted octanol–water partition coefficient (Wildman–Crippen LogP) is 2.57. The standard InChI is InChI=1S/C22H22N4O3/c1-2-19(29-16-6-4-3-5-7-16)22(28)26-13-10-17-18(14-26)24-20(25-21(17)27)15-8-11-23-12-9-15/h3-9,11-12,19H,2,10,13-14H2,1H3,(H,24,25,27). The third kappa shape index (κ3) is 4.03. The zero-order chi connectivity index (χ0) is 20.2. The van der Waals surface area contributed by atoms with Crippen molar-refractivity contribution in [2.75, 3.05) is 6.54 Å². The SMILES string of the molecule is CCC(Oc1ccccc1)C(=O)N1CCc2c(nc(-c3ccncc3)[nH]c2=O)C1. The van der Waals surface area contributed by atoms with Gasteiger partial charge in [0.2, 0.25) is 0 Å². The van der Waals surface area contributed by atoms with Gasteiger partial charge in [0.15, 0.2) is 6.10 Å². The Bertz CT molecular complexity index is 1050. The number of ether oxygens (including phenoxy) is 1. The summed E-state index contributed by atoms with van der Waals surface area (Å²) in [5.41, 5.74) is 1.90. The molecule has 0 saturated carbocycles. The number of fused-ring (bicyclic) bond motifs is 1. The summed E-state index contributed by atoms with van der Waals surface area (Å²) < 4.78 is 5.90. The van der Waals surface area contributed by atoms with Gasteiger partial charge < -0.3 is 14.6 Å². The number of amides is 1. The van der Waals surface area contributed by atoms with E-state index in [2.05, 4.69) is 15.0 Å². The zero-order valence-electron chi connectivity index (χ0n) is 16.2. The third-order valence-electron chi connectivity index (χ3n) is 5.01. The molecule has 1 N–H and O–H groups in total. The molecule has 0 spiro atoms. The molecular weight excluding hydrogens is 368 g/mol. The van der Waals surface area contributed by atoms with Gasteiger partial charge in [0.05, 0.1) is 12.2 Å². The van der Waals surface area contributed by atoms with E-state index in [1.165, 1.54) is 0 Å². The van der Waals surface area contributed by atoms with E-state index in [4.69, 9.17) is 4.74 Å². The van der Waals surface area contributed by atoms with Crippen molar-refractivity contribution >= 4 is 5.91 Å². The van der Waals surface area contributed by atoms with Crippen molar-refractivity contribution in [1.29, 1.82) is 0 Å². The number of H-pyrrole nitrogens is 1. The predicted molar refractivity (Wildman–Crippen MR) is 108 cm³/mol. The van der Waals surface area contributed by atoms with Crippen LogP contribution in [-0.2, 0) is 17.8 Å². The Hall–Kier alpha value is -3.48. The Labute approximate surface area is 168 Å². The van der Waals surface area contributed by atoms with E-state index in [0.717, 1.165) is 5.56 Å². The molecule has 1 unspecified atom stereocenters. The quantitative estimate of drug-likeness (QED) is 0.723. The molecule has 0 fully saturated rings. The van der Waals surface area contributed by atoms with Crippen LogP contribution in [0.4, 0.5) is 0 Å². The summed E-state index contributed by atoms with van der Waals surface area (Å²) in [6.45, 7) is 2.69. The van der Waals surface area contributed by atoms with Gasteiger partial charge >= 0.3 is 0 Å². The van der Waals surface area contributed by atoms with Crippen LogP contribution in [0.2, 0.25) is 0 Å². The second-order valence-corrected chi connectivity index (χ2v) is 6.91. The minimum Gasteiger partial charge on any atom is -0.481 e. The van der Waals surface area contributed by atoms with Crippen LogP contribution >= 0.6 is 0 Å². The summed E-state index contributed by atoms with van der Waals surface area (Å²) >= 11 is 0. The van der Waals surface area contributed by atoms with Crippen molar-refractivity contribution in [3.63, 3.8) is 0 Å². The van der Waals surface area contributed by atoms with Crippen molar-refractivity contribution in [2.45, 2.75) is 32.4 Å². The van der Waals surface area contributed by atoms with Crippen LogP contribution in [-0.4, -0.2) is 38.4 Å². The molecule has 1 aliphatic heterocycles. The van der Waals surface area contributed by atoms with E-state index in [1.54, 1.807) is 29.4 Å². The molecule has 0 aliphatic carbocycles. The number of aromatic nitrogens is 3. The number of carbonyl (C=O) groups excluding carboxylic acids is 1. The molecule has 1 aromatic carbocycles. The van der Waals surface area contributed by atoms with Gasteiger partial charge in [0, 0.05) is 30.1 Å². The fraction of sp³-hybridized carbons (Fsp3) is 0.273. The number of hydrogen-bond acceptors (Lipinski definition) is 5. The molecule has 3 heterocycles. The van der Waals surface area contributed by atoms with Gasteiger partial charge in [0.1, 0.15) is 11.6 Å². The third-order valence-corrected chi connectivity index (χ3v) is 5.01. The Morgan fingerprint density at radius 2 is 1.97 bits per heavy atom. The summed E-state index contributed by atoms with van der Waals surface area (Å²) in [6.07, 6.45) is 3.76. The van der Waals surface area contributed by atoms with E-state index >= 15 is 0 Å². The second kappa shape index (κ2) is 8.26. The van der Waals surface area contributed by atoms with Crippen molar-refractivity contribution in [2.24, 2.45) is 0 Å². The molecule has 29 heavy (non-hydrogen) atoms. The summed E-state index contributed by atoms with van der Waals surface area (Å²) in [6, 6.07) is 12.9. The Morgan fingerprint density at radius 3 is 2.69 bits per heavy atom. The Balaban J connectivity index is 1.56. The lowest BCUT2D eigenvalue weighted by molar-refractivity contribution is -0.139. The van der Waals surface area contributed by atoms with Gasteiger partial charge in [-0.2, -0.15) is 0 Å². The monoisotopic (exact) mass is 390 g/mol. The van der Waals surface area contributed by atoms with Gasteiger partial charge in [0.25, 0.3) is 11.5 Å². The number of aromatic amines is 1. The number of pyridine rings is 1. The van der Waals surface area contributed by atoms with Crippen molar-refractivity contribution in [1.82, 2.24) is 19.9 Å².